The van der Waals surface area contributed by atoms with E-state index in [0.29, 0.717) is 18.2 Å². The molecule has 0 atom stereocenters. The summed E-state index contributed by atoms with van der Waals surface area (Å²) in [6.07, 6.45) is 2.53. The highest BCUT2D eigenvalue weighted by Gasteiger charge is 2.29. The summed E-state index contributed by atoms with van der Waals surface area (Å²) in [7, 11) is 0. The predicted molar refractivity (Wildman–Crippen MR) is 95.8 cm³/mol. The lowest BCUT2D eigenvalue weighted by Gasteiger charge is -2.14. The van der Waals surface area contributed by atoms with E-state index in [0.717, 1.165) is 23.6 Å². The molecule has 0 saturated heterocycles. The van der Waals surface area contributed by atoms with E-state index in [2.05, 4.69) is 36.3 Å². The van der Waals surface area contributed by atoms with Gasteiger partial charge in [-0.15, -0.1) is 0 Å². The third kappa shape index (κ3) is 2.56. The summed E-state index contributed by atoms with van der Waals surface area (Å²) in [5.41, 5.74) is 6.73. The van der Waals surface area contributed by atoms with Gasteiger partial charge >= 0.3 is 0 Å². The van der Waals surface area contributed by atoms with Crippen molar-refractivity contribution in [2.45, 2.75) is 46.1 Å². The van der Waals surface area contributed by atoms with Crippen molar-refractivity contribution >= 4 is 17.4 Å². The summed E-state index contributed by atoms with van der Waals surface area (Å²) >= 11 is 0. The zero-order chi connectivity index (χ0) is 16.8. The van der Waals surface area contributed by atoms with Crippen LogP contribution in [-0.2, 0) is 6.54 Å². The van der Waals surface area contributed by atoms with E-state index in [-0.39, 0.29) is 5.91 Å². The Bertz CT molecular complexity index is 824. The van der Waals surface area contributed by atoms with Crippen LogP contribution in [0.15, 0.2) is 24.3 Å². The fourth-order valence-corrected chi connectivity index (χ4v) is 3.37. The Morgan fingerprint density at radius 2 is 1.96 bits per heavy atom. The van der Waals surface area contributed by atoms with Gasteiger partial charge in [0.25, 0.3) is 5.91 Å². The van der Waals surface area contributed by atoms with Crippen LogP contribution in [0.3, 0.4) is 0 Å². The van der Waals surface area contributed by atoms with Gasteiger partial charge in [-0.25, -0.2) is 4.98 Å². The zero-order valence-corrected chi connectivity index (χ0v) is 14.5. The van der Waals surface area contributed by atoms with Crippen LogP contribution in [0, 0.1) is 13.8 Å². The van der Waals surface area contributed by atoms with Gasteiger partial charge in [0, 0.05) is 24.3 Å². The summed E-state index contributed by atoms with van der Waals surface area (Å²) in [5.74, 6) is 1.46. The Morgan fingerprint density at radius 3 is 2.67 bits per heavy atom. The lowest BCUT2D eigenvalue weighted by Crippen LogP contribution is -2.23. The Balaban J connectivity index is 1.67. The van der Waals surface area contributed by atoms with Crippen LogP contribution in [-0.4, -0.2) is 22.3 Å². The van der Waals surface area contributed by atoms with Crippen LogP contribution in [0.4, 0.5) is 11.5 Å². The maximum atomic E-state index is 12.4. The molecule has 4 rings (SSSR count). The number of hydrogen-bond acceptors (Lipinski definition) is 3. The summed E-state index contributed by atoms with van der Waals surface area (Å²) in [5, 5.41) is 3.46. The number of pyridine rings is 1. The number of anilines is 2. The minimum absolute atomic E-state index is 0.0404. The number of carbonyl (C=O) groups excluding carboxylic acids is 1. The molecule has 0 bridgehead atoms. The van der Waals surface area contributed by atoms with Crippen molar-refractivity contribution in [3.8, 4) is 0 Å². The van der Waals surface area contributed by atoms with Gasteiger partial charge in [-0.2, -0.15) is 0 Å². The van der Waals surface area contributed by atoms with Gasteiger partial charge < -0.3 is 10.2 Å². The standard InChI is InChI=1S/C20H23N3O/c1-4-23-11-15-7-8-18(22-19(15)20(23)24)21-17-10-13(3)12(2)9-16(17)14-5-6-14/h7-10,14H,4-6,11H2,1-3H3,(H,21,22). The molecule has 1 amide bonds. The molecule has 0 spiro atoms. The highest BCUT2D eigenvalue weighted by Crippen LogP contribution is 2.44. The average Bonchev–Trinajstić information content (AvgIpc) is 3.36. The molecule has 124 valence electrons. The van der Waals surface area contributed by atoms with E-state index in [1.54, 1.807) is 0 Å². The Hall–Kier alpha value is -2.36. The average molecular weight is 321 g/mol. The van der Waals surface area contributed by atoms with Gasteiger partial charge in [-0.3, -0.25) is 4.79 Å². The molecule has 4 heteroatoms. The minimum atomic E-state index is 0.0404. The largest absolute Gasteiger partial charge is 0.340 e. The SMILES string of the molecule is CCN1Cc2ccc(Nc3cc(C)c(C)cc3C3CC3)nc2C1=O. The molecule has 1 aliphatic heterocycles. The molecule has 1 fully saturated rings. The van der Waals surface area contributed by atoms with Gasteiger partial charge in [-0.05, 0) is 68.4 Å². The maximum absolute atomic E-state index is 12.4. The van der Waals surface area contributed by atoms with Gasteiger partial charge in [0.15, 0.2) is 0 Å². The van der Waals surface area contributed by atoms with Crippen molar-refractivity contribution in [1.82, 2.24) is 9.88 Å². The molecule has 1 saturated carbocycles. The smallest absolute Gasteiger partial charge is 0.273 e. The highest BCUT2D eigenvalue weighted by molar-refractivity contribution is 5.96. The Morgan fingerprint density at radius 1 is 1.21 bits per heavy atom. The second-order valence-electron chi connectivity index (χ2n) is 6.95. The number of aryl methyl sites for hydroxylation is 2. The summed E-state index contributed by atoms with van der Waals surface area (Å²) in [6, 6.07) is 8.51. The maximum Gasteiger partial charge on any atom is 0.273 e. The molecular weight excluding hydrogens is 298 g/mol. The topological polar surface area (TPSA) is 45.2 Å². The first kappa shape index (κ1) is 15.2. The highest BCUT2D eigenvalue weighted by atomic mass is 16.2. The zero-order valence-electron chi connectivity index (χ0n) is 14.5. The Labute approximate surface area is 142 Å². The summed E-state index contributed by atoms with van der Waals surface area (Å²) < 4.78 is 0. The number of fused-ring (bicyclic) bond motifs is 1. The number of benzene rings is 1. The first-order chi connectivity index (χ1) is 11.6. The first-order valence-electron chi connectivity index (χ1n) is 8.74. The minimum Gasteiger partial charge on any atom is -0.340 e. The third-order valence-electron chi connectivity index (χ3n) is 5.16. The molecule has 1 aromatic heterocycles. The van der Waals surface area contributed by atoms with Crippen LogP contribution in [0.25, 0.3) is 0 Å². The van der Waals surface area contributed by atoms with Crippen molar-refractivity contribution in [3.05, 3.63) is 52.2 Å². The number of nitrogens with one attached hydrogen (secondary N) is 1. The van der Waals surface area contributed by atoms with Gasteiger partial charge in [-0.1, -0.05) is 12.1 Å². The molecule has 0 unspecified atom stereocenters. The van der Waals surface area contributed by atoms with Crippen LogP contribution < -0.4 is 5.32 Å². The van der Waals surface area contributed by atoms with Crippen molar-refractivity contribution in [2.75, 3.05) is 11.9 Å². The fourth-order valence-electron chi connectivity index (χ4n) is 3.37. The molecule has 2 aromatic rings. The van der Waals surface area contributed by atoms with Crippen LogP contribution in [0.2, 0.25) is 0 Å². The van der Waals surface area contributed by atoms with Crippen molar-refractivity contribution in [1.29, 1.82) is 0 Å². The molecule has 2 aliphatic rings. The normalized spacial score (nSPS) is 16.5. The molecular formula is C20H23N3O. The lowest BCUT2D eigenvalue weighted by atomic mass is 10.0. The number of rotatable bonds is 4. The molecule has 24 heavy (non-hydrogen) atoms. The number of carbonyl (C=O) groups is 1. The monoisotopic (exact) mass is 321 g/mol. The predicted octanol–water partition coefficient (Wildman–Crippen LogP) is 4.30. The lowest BCUT2D eigenvalue weighted by molar-refractivity contribution is 0.0783. The second-order valence-corrected chi connectivity index (χ2v) is 6.95. The quantitative estimate of drug-likeness (QED) is 0.913. The summed E-state index contributed by atoms with van der Waals surface area (Å²) in [6.45, 7) is 7.70. The van der Waals surface area contributed by atoms with Gasteiger partial charge in [0.05, 0.1) is 0 Å². The molecule has 4 nitrogen and oxygen atoms in total. The van der Waals surface area contributed by atoms with E-state index >= 15 is 0 Å². The van der Waals surface area contributed by atoms with E-state index in [9.17, 15) is 4.79 Å². The third-order valence-corrected chi connectivity index (χ3v) is 5.16. The van der Waals surface area contributed by atoms with E-state index in [4.69, 9.17) is 0 Å². The molecule has 1 aliphatic carbocycles. The Kier molecular flexibility index (Phi) is 3.56. The van der Waals surface area contributed by atoms with E-state index < -0.39 is 0 Å². The number of hydrogen-bond donors (Lipinski definition) is 1. The number of amides is 1. The molecule has 1 aromatic carbocycles. The van der Waals surface area contributed by atoms with Crippen LogP contribution in [0.1, 0.15) is 58.4 Å². The van der Waals surface area contributed by atoms with Gasteiger partial charge in [0.1, 0.15) is 11.5 Å². The molecule has 2 heterocycles. The molecule has 1 N–H and O–H groups in total. The van der Waals surface area contributed by atoms with Gasteiger partial charge in [0.2, 0.25) is 0 Å². The first-order valence-corrected chi connectivity index (χ1v) is 8.74. The molecule has 0 radical (unpaired) electrons. The fraction of sp³-hybridized carbons (Fsp3) is 0.400. The number of nitrogens with zero attached hydrogens (tertiary/aromatic N) is 2. The second kappa shape index (κ2) is 5.62. The van der Waals surface area contributed by atoms with Crippen LogP contribution in [0.5, 0.6) is 0 Å². The van der Waals surface area contributed by atoms with Crippen molar-refractivity contribution in [3.63, 3.8) is 0 Å². The van der Waals surface area contributed by atoms with E-state index in [1.165, 1.54) is 29.5 Å². The van der Waals surface area contributed by atoms with E-state index in [1.807, 2.05) is 24.0 Å². The van der Waals surface area contributed by atoms with Crippen molar-refractivity contribution in [2.24, 2.45) is 0 Å². The van der Waals surface area contributed by atoms with Crippen LogP contribution >= 0.6 is 0 Å². The number of aromatic nitrogens is 1. The van der Waals surface area contributed by atoms with Crippen molar-refractivity contribution < 1.29 is 4.79 Å². The summed E-state index contributed by atoms with van der Waals surface area (Å²) in [4.78, 5) is 18.8.